The van der Waals surface area contributed by atoms with Gasteiger partial charge in [-0.2, -0.15) is 0 Å². The lowest BCUT2D eigenvalue weighted by molar-refractivity contribution is -0.136. The number of Topliss-reactive ketones (excluding diaryl/α,β-unsaturated/α-hetero) is 1. The molecule has 0 spiro atoms. The normalized spacial score (nSPS) is 20.8. The molecule has 0 aromatic heterocycles. The SMILES string of the molecule is CC(=O)CNC(=O)[C@@]1(Cc2ccccc2)CCCCN1C(=O)O. The summed E-state index contributed by atoms with van der Waals surface area (Å²) in [5.74, 6) is -0.551. The second-order valence-corrected chi connectivity index (χ2v) is 5.97. The van der Waals surface area contributed by atoms with Crippen LogP contribution in [0.3, 0.4) is 0 Å². The number of carbonyl (C=O) groups excluding carboxylic acids is 2. The molecule has 0 saturated carbocycles. The molecule has 0 aliphatic carbocycles. The summed E-state index contributed by atoms with van der Waals surface area (Å²) in [7, 11) is 0. The average molecular weight is 318 g/mol. The number of nitrogens with zero attached hydrogens (tertiary/aromatic N) is 1. The van der Waals surface area contributed by atoms with E-state index in [1.807, 2.05) is 30.3 Å². The monoisotopic (exact) mass is 318 g/mol. The summed E-state index contributed by atoms with van der Waals surface area (Å²) in [4.78, 5) is 36.9. The van der Waals surface area contributed by atoms with E-state index in [-0.39, 0.29) is 12.3 Å². The maximum atomic E-state index is 12.8. The Balaban J connectivity index is 2.34. The Morgan fingerprint density at radius 3 is 2.52 bits per heavy atom. The zero-order chi connectivity index (χ0) is 16.9. The number of ketones is 1. The number of rotatable bonds is 5. The smallest absolute Gasteiger partial charge is 0.408 e. The van der Waals surface area contributed by atoms with Crippen LogP contribution in [0.1, 0.15) is 31.7 Å². The van der Waals surface area contributed by atoms with Crippen molar-refractivity contribution in [1.29, 1.82) is 0 Å². The van der Waals surface area contributed by atoms with Crippen molar-refractivity contribution in [2.75, 3.05) is 13.1 Å². The fraction of sp³-hybridized carbons (Fsp3) is 0.471. The molecule has 1 aromatic carbocycles. The second-order valence-electron chi connectivity index (χ2n) is 5.97. The van der Waals surface area contributed by atoms with Crippen molar-refractivity contribution in [1.82, 2.24) is 10.2 Å². The minimum Gasteiger partial charge on any atom is -0.465 e. The standard InChI is InChI=1S/C17H22N2O4/c1-13(20)12-18-15(21)17(11-14-7-3-2-4-8-14)9-5-6-10-19(17)16(22)23/h2-4,7-8H,5-6,9-12H2,1H3,(H,18,21)(H,22,23)/t17-/m0/s1. The van der Waals surface area contributed by atoms with Crippen LogP contribution in [0, 0.1) is 0 Å². The van der Waals surface area contributed by atoms with Crippen LogP contribution in [-0.4, -0.2) is 46.4 Å². The lowest BCUT2D eigenvalue weighted by Gasteiger charge is -2.44. The molecule has 0 unspecified atom stereocenters. The molecule has 124 valence electrons. The van der Waals surface area contributed by atoms with Gasteiger partial charge in [-0.1, -0.05) is 30.3 Å². The molecule has 1 saturated heterocycles. The predicted molar refractivity (Wildman–Crippen MR) is 85.1 cm³/mol. The third-order valence-electron chi connectivity index (χ3n) is 4.23. The van der Waals surface area contributed by atoms with Crippen molar-refractivity contribution in [3.8, 4) is 0 Å². The Kier molecular flexibility index (Phi) is 5.36. The molecule has 2 N–H and O–H groups in total. The van der Waals surface area contributed by atoms with Gasteiger partial charge in [0.1, 0.15) is 11.3 Å². The molecule has 6 nitrogen and oxygen atoms in total. The maximum absolute atomic E-state index is 12.8. The highest BCUT2D eigenvalue weighted by Crippen LogP contribution is 2.32. The van der Waals surface area contributed by atoms with Crippen molar-refractivity contribution in [2.24, 2.45) is 0 Å². The predicted octanol–water partition coefficient (Wildman–Crippen LogP) is 1.84. The van der Waals surface area contributed by atoms with Gasteiger partial charge in [0, 0.05) is 13.0 Å². The first-order valence-electron chi connectivity index (χ1n) is 7.78. The van der Waals surface area contributed by atoms with Gasteiger partial charge in [-0.3, -0.25) is 14.5 Å². The van der Waals surface area contributed by atoms with Crippen molar-refractivity contribution < 1.29 is 19.5 Å². The summed E-state index contributed by atoms with van der Waals surface area (Å²) in [6, 6.07) is 9.37. The van der Waals surface area contributed by atoms with Gasteiger partial charge in [0.05, 0.1) is 6.54 Å². The molecule has 1 aliphatic rings. The number of hydrogen-bond donors (Lipinski definition) is 2. The quantitative estimate of drug-likeness (QED) is 0.867. The maximum Gasteiger partial charge on any atom is 0.408 e. The third kappa shape index (κ3) is 3.88. The fourth-order valence-electron chi connectivity index (χ4n) is 3.12. The van der Waals surface area contributed by atoms with E-state index in [4.69, 9.17) is 0 Å². The van der Waals surface area contributed by atoms with Crippen molar-refractivity contribution in [3.63, 3.8) is 0 Å². The Morgan fingerprint density at radius 1 is 1.22 bits per heavy atom. The number of benzene rings is 1. The van der Waals surface area contributed by atoms with Gasteiger partial charge in [-0.25, -0.2) is 4.79 Å². The lowest BCUT2D eigenvalue weighted by Crippen LogP contribution is -2.64. The minimum absolute atomic E-state index is 0.0805. The van der Waals surface area contributed by atoms with Crippen LogP contribution in [0.4, 0.5) is 4.79 Å². The molecule has 1 heterocycles. The summed E-state index contributed by atoms with van der Waals surface area (Å²) in [6.45, 7) is 1.64. The van der Waals surface area contributed by atoms with E-state index in [1.165, 1.54) is 11.8 Å². The molecule has 0 radical (unpaired) electrons. The van der Waals surface area contributed by atoms with Gasteiger partial charge >= 0.3 is 6.09 Å². The van der Waals surface area contributed by atoms with E-state index in [0.29, 0.717) is 19.4 Å². The molecule has 2 rings (SSSR count). The van der Waals surface area contributed by atoms with Crippen LogP contribution < -0.4 is 5.32 Å². The van der Waals surface area contributed by atoms with Crippen LogP contribution in [0.5, 0.6) is 0 Å². The van der Waals surface area contributed by atoms with Gasteiger partial charge < -0.3 is 10.4 Å². The summed E-state index contributed by atoms with van der Waals surface area (Å²) in [6.07, 6.45) is 1.19. The topological polar surface area (TPSA) is 86.7 Å². The summed E-state index contributed by atoms with van der Waals surface area (Å²) in [5.41, 5.74) is -0.250. The van der Waals surface area contributed by atoms with Gasteiger partial charge in [-0.15, -0.1) is 0 Å². The van der Waals surface area contributed by atoms with E-state index in [2.05, 4.69) is 5.32 Å². The molecule has 6 heteroatoms. The van der Waals surface area contributed by atoms with Crippen LogP contribution in [0.2, 0.25) is 0 Å². The van der Waals surface area contributed by atoms with Crippen LogP contribution in [0.15, 0.2) is 30.3 Å². The van der Waals surface area contributed by atoms with Gasteiger partial charge in [0.15, 0.2) is 0 Å². The van der Waals surface area contributed by atoms with E-state index >= 15 is 0 Å². The van der Waals surface area contributed by atoms with Crippen LogP contribution >= 0.6 is 0 Å². The van der Waals surface area contributed by atoms with Crippen molar-refractivity contribution in [3.05, 3.63) is 35.9 Å². The number of carbonyl (C=O) groups is 3. The highest BCUT2D eigenvalue weighted by atomic mass is 16.4. The van der Waals surface area contributed by atoms with Gasteiger partial charge in [0.25, 0.3) is 0 Å². The number of carboxylic acid groups (broad SMARTS) is 1. The minimum atomic E-state index is -1.15. The van der Waals surface area contributed by atoms with E-state index < -0.39 is 17.5 Å². The van der Waals surface area contributed by atoms with E-state index in [9.17, 15) is 19.5 Å². The first-order chi connectivity index (χ1) is 11.0. The van der Waals surface area contributed by atoms with Gasteiger partial charge in [-0.05, 0) is 31.7 Å². The number of piperidine rings is 1. The Hall–Kier alpha value is -2.37. The number of hydrogen-bond acceptors (Lipinski definition) is 3. The molecule has 1 aromatic rings. The second kappa shape index (κ2) is 7.26. The summed E-state index contributed by atoms with van der Waals surface area (Å²) >= 11 is 0. The molecule has 1 atom stereocenters. The Morgan fingerprint density at radius 2 is 1.91 bits per heavy atom. The molecular formula is C17H22N2O4. The molecule has 1 fully saturated rings. The number of likely N-dealkylation sites (tertiary alicyclic amines) is 1. The number of amides is 2. The number of nitrogens with one attached hydrogen (secondary N) is 1. The van der Waals surface area contributed by atoms with Crippen LogP contribution in [-0.2, 0) is 16.0 Å². The van der Waals surface area contributed by atoms with E-state index in [0.717, 1.165) is 18.4 Å². The highest BCUT2D eigenvalue weighted by molar-refractivity contribution is 5.93. The van der Waals surface area contributed by atoms with Crippen molar-refractivity contribution in [2.45, 2.75) is 38.1 Å². The van der Waals surface area contributed by atoms with Gasteiger partial charge in [0.2, 0.25) is 5.91 Å². The third-order valence-corrected chi connectivity index (χ3v) is 4.23. The zero-order valence-corrected chi connectivity index (χ0v) is 13.2. The highest BCUT2D eigenvalue weighted by Gasteiger charge is 2.47. The van der Waals surface area contributed by atoms with Crippen LogP contribution in [0.25, 0.3) is 0 Å². The summed E-state index contributed by atoms with van der Waals surface area (Å²) in [5, 5.41) is 12.2. The van der Waals surface area contributed by atoms with E-state index in [1.54, 1.807) is 0 Å². The lowest BCUT2D eigenvalue weighted by atomic mass is 9.80. The molecule has 23 heavy (non-hydrogen) atoms. The Bertz CT molecular complexity index is 588. The first-order valence-corrected chi connectivity index (χ1v) is 7.78. The zero-order valence-electron chi connectivity index (χ0n) is 13.2. The fourth-order valence-corrected chi connectivity index (χ4v) is 3.12. The molecule has 2 amide bonds. The summed E-state index contributed by atoms with van der Waals surface area (Å²) < 4.78 is 0. The molecular weight excluding hydrogens is 296 g/mol. The van der Waals surface area contributed by atoms with Crippen molar-refractivity contribution >= 4 is 17.8 Å². The molecule has 0 bridgehead atoms. The molecule has 1 aliphatic heterocycles. The average Bonchev–Trinajstić information content (AvgIpc) is 2.53. The Labute approximate surface area is 135 Å². The largest absolute Gasteiger partial charge is 0.465 e. The first kappa shape index (κ1) is 17.0.